The molecular weight excluding hydrogens is 396 g/mol. The first-order valence-electron chi connectivity index (χ1n) is 8.58. The third-order valence-corrected chi connectivity index (χ3v) is 5.72. The van der Waals surface area contributed by atoms with E-state index in [1.807, 2.05) is 17.5 Å². The number of hydrogen-bond acceptors (Lipinski definition) is 6. The molecule has 2 aromatic rings. The number of benzene rings is 1. The number of thiophene rings is 1. The van der Waals surface area contributed by atoms with E-state index in [4.69, 9.17) is 0 Å². The third kappa shape index (κ3) is 4.58. The molecule has 3 amide bonds. The fourth-order valence-electron chi connectivity index (χ4n) is 2.40. The van der Waals surface area contributed by atoms with E-state index in [0.29, 0.717) is 16.2 Å². The molecule has 1 N–H and O–H groups in total. The SMILES string of the molecule is CC(C)C(=O)Nc1ccc(C(=O)CN2C(=O)S/C(=C\c3cccs3)C2=O)cc1. The summed E-state index contributed by atoms with van der Waals surface area (Å²) in [6.45, 7) is 3.26. The number of amides is 3. The summed E-state index contributed by atoms with van der Waals surface area (Å²) < 4.78 is 0. The zero-order chi connectivity index (χ0) is 20.3. The Balaban J connectivity index is 1.66. The van der Waals surface area contributed by atoms with E-state index >= 15 is 0 Å². The van der Waals surface area contributed by atoms with E-state index in [1.54, 1.807) is 44.2 Å². The zero-order valence-electron chi connectivity index (χ0n) is 15.3. The smallest absolute Gasteiger partial charge is 0.293 e. The molecule has 28 heavy (non-hydrogen) atoms. The molecule has 0 radical (unpaired) electrons. The predicted octanol–water partition coefficient (Wildman–Crippen LogP) is 4.26. The van der Waals surface area contributed by atoms with Crippen molar-refractivity contribution in [2.75, 3.05) is 11.9 Å². The Morgan fingerprint density at radius 3 is 2.46 bits per heavy atom. The summed E-state index contributed by atoms with van der Waals surface area (Å²) in [5, 5.41) is 4.17. The number of hydrogen-bond donors (Lipinski definition) is 1. The van der Waals surface area contributed by atoms with Gasteiger partial charge in [-0.25, -0.2) is 0 Å². The van der Waals surface area contributed by atoms with Crippen molar-refractivity contribution in [3.8, 4) is 0 Å². The molecule has 0 spiro atoms. The van der Waals surface area contributed by atoms with Crippen LogP contribution < -0.4 is 5.32 Å². The van der Waals surface area contributed by atoms with Crippen molar-refractivity contribution in [1.29, 1.82) is 0 Å². The molecule has 144 valence electrons. The van der Waals surface area contributed by atoms with Crippen molar-refractivity contribution in [2.45, 2.75) is 13.8 Å². The fourth-order valence-corrected chi connectivity index (χ4v) is 3.96. The first-order chi connectivity index (χ1) is 13.3. The van der Waals surface area contributed by atoms with Crippen molar-refractivity contribution in [3.05, 3.63) is 57.1 Å². The molecule has 2 heterocycles. The second-order valence-electron chi connectivity index (χ2n) is 6.43. The average molecular weight is 415 g/mol. The molecule has 0 saturated carbocycles. The van der Waals surface area contributed by atoms with Gasteiger partial charge in [0.1, 0.15) is 0 Å². The van der Waals surface area contributed by atoms with Crippen LogP contribution in [-0.4, -0.2) is 34.3 Å². The summed E-state index contributed by atoms with van der Waals surface area (Å²) in [6, 6.07) is 10.1. The van der Waals surface area contributed by atoms with Gasteiger partial charge in [0.2, 0.25) is 5.91 Å². The molecule has 1 aromatic heterocycles. The van der Waals surface area contributed by atoms with Crippen molar-refractivity contribution in [2.24, 2.45) is 5.92 Å². The van der Waals surface area contributed by atoms with Crippen molar-refractivity contribution < 1.29 is 19.2 Å². The van der Waals surface area contributed by atoms with E-state index in [0.717, 1.165) is 21.5 Å². The Morgan fingerprint density at radius 2 is 1.86 bits per heavy atom. The second-order valence-corrected chi connectivity index (χ2v) is 8.40. The zero-order valence-corrected chi connectivity index (χ0v) is 16.9. The van der Waals surface area contributed by atoms with Gasteiger partial charge in [-0.1, -0.05) is 19.9 Å². The van der Waals surface area contributed by atoms with Crippen molar-refractivity contribution >= 4 is 57.7 Å². The predicted molar refractivity (Wildman–Crippen MR) is 111 cm³/mol. The lowest BCUT2D eigenvalue weighted by Crippen LogP contribution is -2.33. The van der Waals surface area contributed by atoms with Crippen LogP contribution in [-0.2, 0) is 9.59 Å². The number of carbonyl (C=O) groups excluding carboxylic acids is 4. The second kappa shape index (κ2) is 8.53. The molecule has 1 fully saturated rings. The van der Waals surface area contributed by atoms with Crippen molar-refractivity contribution in [3.63, 3.8) is 0 Å². The number of imide groups is 1. The van der Waals surface area contributed by atoms with E-state index in [-0.39, 0.29) is 24.2 Å². The molecule has 0 atom stereocenters. The number of rotatable bonds is 6. The summed E-state index contributed by atoms with van der Waals surface area (Å²) in [5.41, 5.74) is 0.948. The number of nitrogens with zero attached hydrogens (tertiary/aromatic N) is 1. The number of anilines is 1. The quantitative estimate of drug-likeness (QED) is 0.564. The molecule has 1 saturated heterocycles. The van der Waals surface area contributed by atoms with Gasteiger partial charge in [0.25, 0.3) is 11.1 Å². The third-order valence-electron chi connectivity index (χ3n) is 3.99. The van der Waals surface area contributed by atoms with Crippen LogP contribution in [0.4, 0.5) is 10.5 Å². The van der Waals surface area contributed by atoms with Gasteiger partial charge in [0, 0.05) is 22.0 Å². The minimum Gasteiger partial charge on any atom is -0.326 e. The highest BCUT2D eigenvalue weighted by Gasteiger charge is 2.36. The minimum atomic E-state index is -0.461. The van der Waals surface area contributed by atoms with Crippen LogP contribution in [0.5, 0.6) is 0 Å². The maximum absolute atomic E-state index is 12.5. The highest BCUT2D eigenvalue weighted by Crippen LogP contribution is 2.33. The Labute approximate surface area is 170 Å². The summed E-state index contributed by atoms with van der Waals surface area (Å²) in [6.07, 6.45) is 1.66. The van der Waals surface area contributed by atoms with Gasteiger partial charge in [-0.3, -0.25) is 24.1 Å². The van der Waals surface area contributed by atoms with Crippen LogP contribution in [0.3, 0.4) is 0 Å². The lowest BCUT2D eigenvalue weighted by Gasteiger charge is -2.12. The summed E-state index contributed by atoms with van der Waals surface area (Å²) in [7, 11) is 0. The molecule has 8 heteroatoms. The van der Waals surface area contributed by atoms with Crippen LogP contribution in [0.25, 0.3) is 6.08 Å². The molecule has 1 aromatic carbocycles. The van der Waals surface area contributed by atoms with Gasteiger partial charge in [-0.05, 0) is 53.5 Å². The van der Waals surface area contributed by atoms with E-state index < -0.39 is 11.1 Å². The molecule has 0 bridgehead atoms. The van der Waals surface area contributed by atoms with E-state index in [9.17, 15) is 19.2 Å². The largest absolute Gasteiger partial charge is 0.326 e. The van der Waals surface area contributed by atoms with Crippen molar-refractivity contribution in [1.82, 2.24) is 4.90 Å². The number of carbonyl (C=O) groups is 4. The molecule has 6 nitrogen and oxygen atoms in total. The highest BCUT2D eigenvalue weighted by molar-refractivity contribution is 8.18. The topological polar surface area (TPSA) is 83.6 Å². The van der Waals surface area contributed by atoms with Crippen LogP contribution in [0.15, 0.2) is 46.7 Å². The van der Waals surface area contributed by atoms with Gasteiger partial charge in [0.05, 0.1) is 11.4 Å². The summed E-state index contributed by atoms with van der Waals surface area (Å²) in [5.74, 6) is -1.07. The molecule has 0 aliphatic carbocycles. The fraction of sp³-hybridized carbons (Fsp3) is 0.200. The van der Waals surface area contributed by atoms with Gasteiger partial charge < -0.3 is 5.32 Å². The normalized spacial score (nSPS) is 15.5. The monoisotopic (exact) mass is 414 g/mol. The summed E-state index contributed by atoms with van der Waals surface area (Å²) >= 11 is 2.30. The number of Topliss-reactive ketones (excluding diaryl/α,β-unsaturated/α-hetero) is 1. The minimum absolute atomic E-state index is 0.116. The van der Waals surface area contributed by atoms with E-state index in [1.165, 1.54) is 11.3 Å². The molecule has 1 aliphatic heterocycles. The molecule has 0 unspecified atom stereocenters. The maximum Gasteiger partial charge on any atom is 0.293 e. The van der Waals surface area contributed by atoms with Crippen LogP contribution in [0.1, 0.15) is 29.1 Å². The lowest BCUT2D eigenvalue weighted by atomic mass is 10.1. The van der Waals surface area contributed by atoms with Crippen LogP contribution in [0, 0.1) is 5.92 Å². The lowest BCUT2D eigenvalue weighted by molar-refractivity contribution is -0.122. The van der Waals surface area contributed by atoms with Gasteiger partial charge >= 0.3 is 0 Å². The van der Waals surface area contributed by atoms with Crippen LogP contribution in [0.2, 0.25) is 0 Å². The highest BCUT2D eigenvalue weighted by atomic mass is 32.2. The summed E-state index contributed by atoms with van der Waals surface area (Å²) in [4.78, 5) is 51.0. The number of ketones is 1. The van der Waals surface area contributed by atoms with Gasteiger partial charge in [-0.15, -0.1) is 11.3 Å². The first-order valence-corrected chi connectivity index (χ1v) is 10.3. The van der Waals surface area contributed by atoms with Crippen LogP contribution >= 0.6 is 23.1 Å². The number of nitrogens with one attached hydrogen (secondary N) is 1. The molecular formula is C20H18N2O4S2. The Bertz CT molecular complexity index is 947. The molecule has 3 rings (SSSR count). The first kappa shape index (κ1) is 20.0. The van der Waals surface area contributed by atoms with Gasteiger partial charge in [0.15, 0.2) is 5.78 Å². The Kier molecular flexibility index (Phi) is 6.11. The molecule has 1 aliphatic rings. The Morgan fingerprint density at radius 1 is 1.14 bits per heavy atom. The Hall–Kier alpha value is -2.71. The average Bonchev–Trinajstić information content (AvgIpc) is 3.26. The van der Waals surface area contributed by atoms with Gasteiger partial charge in [-0.2, -0.15) is 0 Å². The standard InChI is InChI=1S/C20H18N2O4S2/c1-12(2)18(24)21-14-7-5-13(6-8-14)16(23)11-22-19(25)17(28-20(22)26)10-15-4-3-9-27-15/h3-10,12H,11H2,1-2H3,(H,21,24)/b17-10-. The van der Waals surface area contributed by atoms with E-state index in [2.05, 4.69) is 5.32 Å². The number of thioether (sulfide) groups is 1. The maximum atomic E-state index is 12.5.